The van der Waals surface area contributed by atoms with Crippen molar-refractivity contribution in [1.82, 2.24) is 4.72 Å². The molecule has 0 aliphatic carbocycles. The van der Waals surface area contributed by atoms with Gasteiger partial charge in [0, 0.05) is 11.9 Å². The van der Waals surface area contributed by atoms with Crippen LogP contribution in [0.4, 0.5) is 0 Å². The molecular weight excluding hydrogens is 350 g/mol. The van der Waals surface area contributed by atoms with E-state index in [0.717, 1.165) is 23.7 Å². The minimum absolute atomic E-state index is 0.312. The van der Waals surface area contributed by atoms with Crippen molar-refractivity contribution in [3.8, 4) is 0 Å². The quantitative estimate of drug-likeness (QED) is 0.601. The summed E-state index contributed by atoms with van der Waals surface area (Å²) in [5.41, 5.74) is 2.27. The third-order valence-electron chi connectivity index (χ3n) is 3.17. The first-order chi connectivity index (χ1) is 10.1. The molecular formula is C16H18BrNO2S. The number of rotatable bonds is 7. The molecule has 0 saturated carbocycles. The number of halogens is 1. The van der Waals surface area contributed by atoms with Gasteiger partial charge in [0.2, 0.25) is 10.0 Å². The van der Waals surface area contributed by atoms with Crippen molar-refractivity contribution >= 4 is 26.0 Å². The zero-order valence-electron chi connectivity index (χ0n) is 11.6. The average Bonchev–Trinajstić information content (AvgIpc) is 2.53. The monoisotopic (exact) mass is 367 g/mol. The highest BCUT2D eigenvalue weighted by atomic mass is 79.9. The fraction of sp³-hybridized carbons (Fsp3) is 0.250. The van der Waals surface area contributed by atoms with Crippen LogP contribution in [0.3, 0.4) is 0 Å². The Kier molecular flexibility index (Phi) is 5.96. The van der Waals surface area contributed by atoms with Crippen LogP contribution in [0.5, 0.6) is 0 Å². The summed E-state index contributed by atoms with van der Waals surface area (Å²) < 4.78 is 26.9. The van der Waals surface area contributed by atoms with Gasteiger partial charge in [-0.3, -0.25) is 0 Å². The maximum absolute atomic E-state index is 12.1. The Bertz CT molecular complexity index is 654. The Balaban J connectivity index is 1.86. The summed E-state index contributed by atoms with van der Waals surface area (Å²) in [6.45, 7) is 0.442. The lowest BCUT2D eigenvalue weighted by atomic mass is 10.1. The maximum Gasteiger partial charge on any atom is 0.240 e. The van der Waals surface area contributed by atoms with Crippen LogP contribution < -0.4 is 4.72 Å². The molecule has 2 rings (SSSR count). The first kappa shape index (κ1) is 16.2. The zero-order chi connectivity index (χ0) is 15.1. The Morgan fingerprint density at radius 3 is 2.19 bits per heavy atom. The number of alkyl halides is 1. The summed E-state index contributed by atoms with van der Waals surface area (Å²) in [5.74, 6) is 0. The van der Waals surface area contributed by atoms with Crippen LogP contribution in [-0.4, -0.2) is 15.0 Å². The molecule has 0 atom stereocenters. The summed E-state index contributed by atoms with van der Waals surface area (Å²) in [6.07, 6.45) is 1.65. The second-order valence-corrected chi connectivity index (χ2v) is 7.09. The number of nitrogens with one attached hydrogen (secondary N) is 1. The molecule has 0 amide bonds. The van der Waals surface area contributed by atoms with Crippen LogP contribution in [0.25, 0.3) is 0 Å². The number of benzene rings is 2. The minimum atomic E-state index is -3.40. The molecule has 0 heterocycles. The van der Waals surface area contributed by atoms with Gasteiger partial charge in [-0.05, 0) is 36.1 Å². The molecule has 0 radical (unpaired) electrons. The molecule has 21 heavy (non-hydrogen) atoms. The Labute approximate surface area is 134 Å². The first-order valence-corrected chi connectivity index (χ1v) is 9.41. The number of hydrogen-bond donors (Lipinski definition) is 1. The lowest BCUT2D eigenvalue weighted by molar-refractivity contribution is 0.579. The van der Waals surface area contributed by atoms with Gasteiger partial charge in [-0.15, -0.1) is 0 Å². The third kappa shape index (κ3) is 4.95. The topological polar surface area (TPSA) is 46.2 Å². The first-order valence-electron chi connectivity index (χ1n) is 6.80. The van der Waals surface area contributed by atoms with Crippen molar-refractivity contribution in [3.63, 3.8) is 0 Å². The summed E-state index contributed by atoms with van der Waals surface area (Å²) in [5, 5.41) is 0.720. The van der Waals surface area contributed by atoms with Gasteiger partial charge < -0.3 is 0 Å². The molecule has 0 bridgehead atoms. The summed E-state index contributed by atoms with van der Waals surface area (Å²) >= 11 is 3.34. The van der Waals surface area contributed by atoms with Crippen molar-refractivity contribution in [3.05, 3.63) is 65.7 Å². The fourth-order valence-electron chi connectivity index (χ4n) is 1.98. The van der Waals surface area contributed by atoms with E-state index in [1.54, 1.807) is 12.1 Å². The normalized spacial score (nSPS) is 11.5. The van der Waals surface area contributed by atoms with Crippen molar-refractivity contribution < 1.29 is 8.42 Å². The van der Waals surface area contributed by atoms with Crippen molar-refractivity contribution in [2.75, 3.05) is 6.54 Å². The van der Waals surface area contributed by atoms with Gasteiger partial charge in [0.25, 0.3) is 0 Å². The van der Waals surface area contributed by atoms with Gasteiger partial charge in [0.05, 0.1) is 4.90 Å². The second-order valence-electron chi connectivity index (χ2n) is 4.76. The molecule has 5 heteroatoms. The van der Waals surface area contributed by atoms with Crippen LogP contribution in [0.2, 0.25) is 0 Å². The van der Waals surface area contributed by atoms with Crippen molar-refractivity contribution in [1.29, 1.82) is 0 Å². The number of aryl methyl sites for hydroxylation is 1. The second kappa shape index (κ2) is 7.73. The average molecular weight is 368 g/mol. The smallest absolute Gasteiger partial charge is 0.211 e. The van der Waals surface area contributed by atoms with E-state index >= 15 is 0 Å². The van der Waals surface area contributed by atoms with E-state index < -0.39 is 10.0 Å². The third-order valence-corrected chi connectivity index (χ3v) is 5.29. The zero-order valence-corrected chi connectivity index (χ0v) is 14.0. The predicted octanol–water partition coefficient (Wildman–Crippen LogP) is 3.49. The highest BCUT2D eigenvalue weighted by molar-refractivity contribution is 9.08. The highest BCUT2D eigenvalue weighted by Crippen LogP contribution is 2.12. The van der Waals surface area contributed by atoms with E-state index in [1.807, 2.05) is 42.5 Å². The highest BCUT2D eigenvalue weighted by Gasteiger charge is 2.12. The largest absolute Gasteiger partial charge is 0.240 e. The SMILES string of the molecule is O=S(=O)(NCCCc1ccccc1)c1ccc(CBr)cc1. The van der Waals surface area contributed by atoms with E-state index in [4.69, 9.17) is 0 Å². The molecule has 0 aliphatic heterocycles. The molecule has 0 fully saturated rings. The number of hydrogen-bond acceptors (Lipinski definition) is 2. The molecule has 0 spiro atoms. The summed E-state index contributed by atoms with van der Waals surface area (Å²) in [6, 6.07) is 17.0. The van der Waals surface area contributed by atoms with E-state index in [-0.39, 0.29) is 0 Å². The molecule has 2 aromatic rings. The molecule has 0 unspecified atom stereocenters. The van der Waals surface area contributed by atoms with Crippen LogP contribution in [0.15, 0.2) is 59.5 Å². The molecule has 3 nitrogen and oxygen atoms in total. The van der Waals surface area contributed by atoms with Crippen LogP contribution >= 0.6 is 15.9 Å². The lowest BCUT2D eigenvalue weighted by Crippen LogP contribution is -2.25. The van der Waals surface area contributed by atoms with Crippen LogP contribution in [0, 0.1) is 0 Å². The predicted molar refractivity (Wildman–Crippen MR) is 89.0 cm³/mol. The molecule has 112 valence electrons. The van der Waals surface area contributed by atoms with Crippen molar-refractivity contribution in [2.45, 2.75) is 23.1 Å². The van der Waals surface area contributed by atoms with Crippen molar-refractivity contribution in [2.24, 2.45) is 0 Å². The van der Waals surface area contributed by atoms with Gasteiger partial charge in [-0.25, -0.2) is 13.1 Å². The van der Waals surface area contributed by atoms with Gasteiger partial charge >= 0.3 is 0 Å². The number of sulfonamides is 1. The Morgan fingerprint density at radius 2 is 1.57 bits per heavy atom. The molecule has 2 aromatic carbocycles. The molecule has 0 saturated heterocycles. The molecule has 1 N–H and O–H groups in total. The van der Waals surface area contributed by atoms with E-state index in [2.05, 4.69) is 20.7 Å². The Hall–Kier alpha value is -1.17. The van der Waals surface area contributed by atoms with Gasteiger partial charge in [0.15, 0.2) is 0 Å². The van der Waals surface area contributed by atoms with Crippen LogP contribution in [-0.2, 0) is 21.8 Å². The standard InChI is InChI=1S/C16H18BrNO2S/c17-13-15-8-10-16(11-9-15)21(19,20)18-12-4-7-14-5-2-1-3-6-14/h1-3,5-6,8-11,18H,4,7,12-13H2. The van der Waals surface area contributed by atoms with E-state index in [0.29, 0.717) is 11.4 Å². The van der Waals surface area contributed by atoms with Gasteiger partial charge in [0.1, 0.15) is 0 Å². The van der Waals surface area contributed by atoms with E-state index in [9.17, 15) is 8.42 Å². The van der Waals surface area contributed by atoms with E-state index in [1.165, 1.54) is 5.56 Å². The van der Waals surface area contributed by atoms with Gasteiger partial charge in [-0.2, -0.15) is 0 Å². The molecule has 0 aromatic heterocycles. The van der Waals surface area contributed by atoms with Gasteiger partial charge in [-0.1, -0.05) is 58.4 Å². The van der Waals surface area contributed by atoms with Crippen LogP contribution in [0.1, 0.15) is 17.5 Å². The molecule has 0 aliphatic rings. The fourth-order valence-corrected chi connectivity index (χ4v) is 3.43. The lowest BCUT2D eigenvalue weighted by Gasteiger charge is -2.07. The summed E-state index contributed by atoms with van der Waals surface area (Å²) in [4.78, 5) is 0.312. The Morgan fingerprint density at radius 1 is 0.905 bits per heavy atom. The maximum atomic E-state index is 12.1. The minimum Gasteiger partial charge on any atom is -0.211 e. The summed E-state index contributed by atoms with van der Waals surface area (Å²) in [7, 11) is -3.40.